The molecule has 279 valence electrons. The molecule has 2 nitrogen and oxygen atoms in total. The molecule has 1 radical (unpaired) electrons. The van der Waals surface area contributed by atoms with Gasteiger partial charge in [0.1, 0.15) is 0 Å². The Balaban J connectivity index is 0.000000204. The fourth-order valence-electron chi connectivity index (χ4n) is 6.65. The Kier molecular flexibility index (Phi) is 10.7. The summed E-state index contributed by atoms with van der Waals surface area (Å²) in [4.78, 5) is 9.22. The Bertz CT molecular complexity index is 2750. The van der Waals surface area contributed by atoms with Crippen LogP contribution in [0.25, 0.3) is 64.9 Å². The summed E-state index contributed by atoms with van der Waals surface area (Å²) >= 11 is -0.170. The van der Waals surface area contributed by atoms with Crippen LogP contribution in [0.3, 0.4) is 0 Å². The number of hydrogen-bond acceptors (Lipinski definition) is 3. The van der Waals surface area contributed by atoms with Crippen molar-refractivity contribution in [3.05, 3.63) is 163 Å². The normalized spacial score (nSPS) is 13.4. The van der Waals surface area contributed by atoms with Gasteiger partial charge in [-0.05, 0) is 56.8 Å². The third kappa shape index (κ3) is 8.95. The smallest absolute Gasteiger partial charge is 0.0346 e. The van der Waals surface area contributed by atoms with Crippen LogP contribution in [0.5, 0.6) is 0 Å². The van der Waals surface area contributed by atoms with Gasteiger partial charge in [0.2, 0.25) is 0 Å². The fourth-order valence-corrected chi connectivity index (χ4v) is 10.1. The number of fused-ring (bicyclic) bond motifs is 3. The molecule has 0 aliphatic carbocycles. The van der Waals surface area contributed by atoms with Gasteiger partial charge in [-0.1, -0.05) is 67.8 Å². The first-order valence-corrected chi connectivity index (χ1v) is 26.5. The molecule has 8 aromatic rings. The zero-order chi connectivity index (χ0) is 42.3. The molecule has 3 aromatic heterocycles. The Morgan fingerprint density at radius 1 is 0.673 bits per heavy atom. The second kappa shape index (κ2) is 17.3. The zero-order valence-corrected chi connectivity index (χ0v) is 37.6. The van der Waals surface area contributed by atoms with Crippen molar-refractivity contribution in [1.82, 2.24) is 9.97 Å². The maximum atomic E-state index is 8.52. The molecule has 0 aliphatic heterocycles. The number of hydrogen-bond donors (Lipinski definition) is 0. The van der Waals surface area contributed by atoms with Crippen molar-refractivity contribution in [1.29, 1.82) is 0 Å². The van der Waals surface area contributed by atoms with E-state index in [1.54, 1.807) is 31.3 Å². The van der Waals surface area contributed by atoms with Crippen molar-refractivity contribution in [3.8, 4) is 44.8 Å². The second-order valence-electron chi connectivity index (χ2n) is 15.1. The minimum Gasteiger partial charge on any atom is -0.304 e. The number of aryl methyl sites for hydroxylation is 1. The zero-order valence-electron chi connectivity index (χ0n) is 37.3. The van der Waals surface area contributed by atoms with Crippen molar-refractivity contribution in [2.75, 3.05) is 0 Å². The van der Waals surface area contributed by atoms with Crippen LogP contribution < -0.4 is 4.40 Å². The SMILES string of the molecule is [2H]C(C)(C)c1c[c-]c(-c2cc[c]([Ge]([CH3])([CH3])[CH3])cn2)cc1-c1ccccc1.[2H]C([2H])([2H])c1cnc(-c2[c-]ccc3c2sc2cc(-c4ccccc4)ccc23)cc1C([2H])(C)C.[Ir]. The number of thiophene rings is 1. The quantitative estimate of drug-likeness (QED) is 0.117. The van der Waals surface area contributed by atoms with Crippen LogP contribution in [0, 0.1) is 19.0 Å². The molecule has 55 heavy (non-hydrogen) atoms. The third-order valence-electron chi connectivity index (χ3n) is 9.72. The van der Waals surface area contributed by atoms with Gasteiger partial charge in [-0.2, -0.15) is 11.3 Å². The van der Waals surface area contributed by atoms with E-state index in [-0.39, 0.29) is 25.7 Å². The van der Waals surface area contributed by atoms with Gasteiger partial charge >= 0.3 is 156 Å². The van der Waals surface area contributed by atoms with Crippen molar-refractivity contribution in [2.45, 2.75) is 63.6 Å². The van der Waals surface area contributed by atoms with Crippen LogP contribution in [0.2, 0.25) is 17.3 Å². The average molecular weight is 979 g/mol. The predicted octanol–water partition coefficient (Wildman–Crippen LogP) is 13.9. The molecular weight excluding hydrogens is 925 g/mol. The Hall–Kier alpha value is -4.19. The summed E-state index contributed by atoms with van der Waals surface area (Å²) in [5, 5.41) is 2.29. The first kappa shape index (κ1) is 34.1. The summed E-state index contributed by atoms with van der Waals surface area (Å²) in [6.45, 7) is 4.93. The Morgan fingerprint density at radius 3 is 2.00 bits per heavy atom. The van der Waals surface area contributed by atoms with Gasteiger partial charge < -0.3 is 4.98 Å². The van der Waals surface area contributed by atoms with Gasteiger partial charge in [0, 0.05) is 36.5 Å². The van der Waals surface area contributed by atoms with Crippen LogP contribution in [0.1, 0.15) is 63.0 Å². The molecule has 5 aromatic carbocycles. The summed E-state index contributed by atoms with van der Waals surface area (Å²) in [7, 11) is 0. The number of rotatable bonds is 7. The van der Waals surface area contributed by atoms with Gasteiger partial charge in [0.05, 0.1) is 0 Å². The molecule has 0 fully saturated rings. The molecule has 0 saturated heterocycles. The molecule has 0 unspecified atom stereocenters. The van der Waals surface area contributed by atoms with Crippen molar-refractivity contribution < 1.29 is 27.0 Å². The minimum absolute atomic E-state index is 0. The van der Waals surface area contributed by atoms with Gasteiger partial charge in [-0.25, -0.2) is 0 Å². The van der Waals surface area contributed by atoms with Gasteiger partial charge in [0.25, 0.3) is 0 Å². The Morgan fingerprint density at radius 2 is 1.36 bits per heavy atom. The van der Waals surface area contributed by atoms with Crippen molar-refractivity contribution in [2.24, 2.45) is 0 Å². The summed E-state index contributed by atoms with van der Waals surface area (Å²) in [6.07, 6.45) is 3.44. The number of pyridine rings is 2. The summed E-state index contributed by atoms with van der Waals surface area (Å²) < 4.78 is 44.3. The number of benzene rings is 5. The molecule has 8 rings (SSSR count). The maximum absolute atomic E-state index is 8.52. The molecule has 0 N–H and O–H groups in total. The number of nitrogens with zero attached hydrogens (tertiary/aromatic N) is 2. The van der Waals surface area contributed by atoms with Crippen LogP contribution >= 0.6 is 11.3 Å². The van der Waals surface area contributed by atoms with E-state index in [4.69, 9.17) is 11.8 Å². The van der Waals surface area contributed by atoms with E-state index < -0.39 is 31.9 Å². The molecule has 0 spiro atoms. The Labute approximate surface area is 354 Å². The fraction of sp³-hybridized carbons (Fsp3) is 0.200. The van der Waals surface area contributed by atoms with Crippen molar-refractivity contribution >= 4 is 49.2 Å². The van der Waals surface area contributed by atoms with E-state index in [9.17, 15) is 0 Å². The maximum Gasteiger partial charge on any atom is 0.0346 e. The van der Waals surface area contributed by atoms with E-state index in [1.165, 1.54) is 31.8 Å². The van der Waals surface area contributed by atoms with E-state index in [0.717, 1.165) is 43.6 Å². The van der Waals surface area contributed by atoms with Crippen LogP contribution in [0.15, 0.2) is 134 Å². The second-order valence-corrected chi connectivity index (χ2v) is 26.8. The first-order valence-electron chi connectivity index (χ1n) is 20.8. The molecule has 0 bridgehead atoms. The molecule has 0 saturated carbocycles. The first-order chi connectivity index (χ1) is 27.8. The number of aromatic nitrogens is 2. The van der Waals surface area contributed by atoms with Gasteiger partial charge in [-0.15, -0.1) is 23.8 Å². The molecule has 0 amide bonds. The van der Waals surface area contributed by atoms with E-state index >= 15 is 0 Å². The van der Waals surface area contributed by atoms with Crippen LogP contribution in [0.4, 0.5) is 0 Å². The largest absolute Gasteiger partial charge is 0.304 e. The summed E-state index contributed by atoms with van der Waals surface area (Å²) in [5.41, 5.74) is 9.50. The summed E-state index contributed by atoms with van der Waals surface area (Å²) in [5.74, 6) is 5.38. The van der Waals surface area contributed by atoms with Crippen LogP contribution in [-0.2, 0) is 20.1 Å². The van der Waals surface area contributed by atoms with Gasteiger partial charge in [-0.3, -0.25) is 0 Å². The van der Waals surface area contributed by atoms with E-state index in [0.29, 0.717) is 11.3 Å². The van der Waals surface area contributed by atoms with E-state index in [2.05, 4.69) is 101 Å². The topological polar surface area (TPSA) is 25.8 Å². The summed E-state index contributed by atoms with van der Waals surface area (Å²) in [6, 6.07) is 47.9. The van der Waals surface area contributed by atoms with Crippen molar-refractivity contribution in [3.63, 3.8) is 0 Å². The van der Waals surface area contributed by atoms with Gasteiger partial charge in [0.15, 0.2) is 0 Å². The molecule has 3 heterocycles. The third-order valence-corrected chi connectivity index (χ3v) is 15.2. The monoisotopic (exact) mass is 980 g/mol. The minimum atomic E-state index is -2.32. The molecule has 5 heteroatoms. The van der Waals surface area contributed by atoms with E-state index in [1.807, 2.05) is 68.6 Å². The average Bonchev–Trinajstić information content (AvgIpc) is 3.58. The standard InChI is InChI=1S/C27H22NS.C23H26GeN.Ir/c1-17(2)24-15-25(28-16-18(24)3)23-11-7-10-22-21-13-12-20(14-26(21)29-27(22)23)19-8-5-4-6-9-19;1-17(2)21-13-11-19(15-22(21)18-9-7-6-8-10-18)23-14-12-20(16-25-23)24(3,4)5;/h4-10,12-17H,1-3H3;6-10,12-17H,1-5H3;/q2*-1;/i3D3,17D;17D;. The molecular formula is C50H48GeIrN2S-2. The molecule has 0 atom stereocenters. The predicted molar refractivity (Wildman–Crippen MR) is 237 cm³/mol. The van der Waals surface area contributed by atoms with Crippen LogP contribution in [-0.4, -0.2) is 23.2 Å². The molecule has 0 aliphatic rings.